The lowest BCUT2D eigenvalue weighted by Gasteiger charge is -2.39. The molecule has 2 aromatic carbocycles. The number of benzene rings is 2. The van der Waals surface area contributed by atoms with Crippen LogP contribution in [0, 0.1) is 11.6 Å². The van der Waals surface area contributed by atoms with Crippen LogP contribution in [0.3, 0.4) is 0 Å². The molecule has 2 unspecified atom stereocenters. The van der Waals surface area contributed by atoms with Crippen LogP contribution in [0.25, 0.3) is 17.0 Å². The number of aromatic nitrogens is 1. The van der Waals surface area contributed by atoms with Crippen molar-refractivity contribution in [2.45, 2.75) is 45.7 Å². The van der Waals surface area contributed by atoms with Gasteiger partial charge in [-0.05, 0) is 49.1 Å². The highest BCUT2D eigenvalue weighted by Gasteiger charge is 2.39. The van der Waals surface area contributed by atoms with E-state index in [2.05, 4.69) is 16.0 Å². The van der Waals surface area contributed by atoms with E-state index in [1.807, 2.05) is 39.0 Å². The molecule has 3 heterocycles. The Morgan fingerprint density at radius 3 is 2.55 bits per heavy atom. The molecule has 0 amide bonds. The molecule has 31 heavy (non-hydrogen) atoms. The van der Waals surface area contributed by atoms with Crippen molar-refractivity contribution in [1.82, 2.24) is 9.88 Å². The topological polar surface area (TPSA) is 28.3 Å². The van der Waals surface area contributed by atoms with Crippen LogP contribution < -0.4 is 0 Å². The van der Waals surface area contributed by atoms with Gasteiger partial charge in [-0.2, -0.15) is 0 Å². The fraction of sp³-hybridized carbons (Fsp3) is 0.385. The summed E-state index contributed by atoms with van der Waals surface area (Å²) in [6, 6.07) is 10.6. The number of halogens is 2. The van der Waals surface area contributed by atoms with E-state index in [0.717, 1.165) is 41.5 Å². The van der Waals surface area contributed by atoms with Gasteiger partial charge >= 0.3 is 0 Å². The first kappa shape index (κ1) is 21.7. The van der Waals surface area contributed by atoms with E-state index in [4.69, 9.17) is 4.74 Å². The summed E-state index contributed by atoms with van der Waals surface area (Å²) in [6.45, 7) is 7.89. The van der Waals surface area contributed by atoms with E-state index >= 15 is 8.78 Å². The first-order valence-corrected chi connectivity index (χ1v) is 11.2. The van der Waals surface area contributed by atoms with E-state index in [9.17, 15) is 0 Å². The third kappa shape index (κ3) is 3.92. The van der Waals surface area contributed by atoms with Crippen molar-refractivity contribution in [3.8, 4) is 0 Å². The second-order valence-corrected chi connectivity index (χ2v) is 7.87. The van der Waals surface area contributed by atoms with Gasteiger partial charge in [0.05, 0.1) is 12.6 Å². The number of hydrogen-bond acceptors (Lipinski definition) is 2. The fourth-order valence-electron chi connectivity index (χ4n) is 4.90. The highest BCUT2D eigenvalue weighted by molar-refractivity contribution is 5.85. The second kappa shape index (κ2) is 9.33. The van der Waals surface area contributed by atoms with Gasteiger partial charge in [-0.3, -0.25) is 4.90 Å². The van der Waals surface area contributed by atoms with Gasteiger partial charge in [-0.15, -0.1) is 0 Å². The quantitative estimate of drug-likeness (QED) is 0.539. The average molecular weight is 425 g/mol. The van der Waals surface area contributed by atoms with Crippen LogP contribution in [-0.2, 0) is 11.2 Å². The molecular weight excluding hydrogens is 394 g/mol. The molecule has 164 valence electrons. The number of allylic oxidation sites excluding steroid dienone is 1. The lowest BCUT2D eigenvalue weighted by atomic mass is 9.89. The van der Waals surface area contributed by atoms with Crippen LogP contribution in [-0.4, -0.2) is 35.7 Å². The molecule has 3 aromatic rings. The summed E-state index contributed by atoms with van der Waals surface area (Å²) in [7, 11) is 0. The Balaban J connectivity index is 0.00000112. The summed E-state index contributed by atoms with van der Waals surface area (Å²) < 4.78 is 36.2. The largest absolute Gasteiger partial charge is 0.380 e. The summed E-state index contributed by atoms with van der Waals surface area (Å²) in [5.41, 5.74) is 3.74. The van der Waals surface area contributed by atoms with Gasteiger partial charge in [0.1, 0.15) is 11.6 Å². The SMILES string of the molecule is C/C=C/c1cc(F)c(C2c3[nH]c4ccccc4c3CCN2C2CCOC2)c(F)c1.CC. The van der Waals surface area contributed by atoms with Gasteiger partial charge < -0.3 is 9.72 Å². The minimum atomic E-state index is -0.501. The van der Waals surface area contributed by atoms with E-state index < -0.39 is 17.7 Å². The zero-order valence-electron chi connectivity index (χ0n) is 18.4. The van der Waals surface area contributed by atoms with Crippen LogP contribution in [0.2, 0.25) is 0 Å². The second-order valence-electron chi connectivity index (χ2n) is 7.87. The molecule has 1 fully saturated rings. The molecule has 2 atom stereocenters. The number of nitrogens with one attached hydrogen (secondary N) is 1. The Morgan fingerprint density at radius 1 is 1.13 bits per heavy atom. The molecule has 1 aromatic heterocycles. The van der Waals surface area contributed by atoms with Crippen molar-refractivity contribution in [2.75, 3.05) is 19.8 Å². The maximum Gasteiger partial charge on any atom is 0.131 e. The Bertz CT molecular complexity index is 1060. The number of rotatable bonds is 3. The minimum Gasteiger partial charge on any atom is -0.380 e. The number of fused-ring (bicyclic) bond motifs is 3. The van der Waals surface area contributed by atoms with Crippen LogP contribution in [0.1, 0.15) is 55.6 Å². The molecular formula is C26H30F2N2O. The van der Waals surface area contributed by atoms with E-state index in [1.165, 1.54) is 12.1 Å². The van der Waals surface area contributed by atoms with E-state index in [1.54, 1.807) is 12.2 Å². The van der Waals surface area contributed by atoms with E-state index in [-0.39, 0.29) is 11.6 Å². The van der Waals surface area contributed by atoms with Crippen LogP contribution in [0.5, 0.6) is 0 Å². The molecule has 5 rings (SSSR count). The van der Waals surface area contributed by atoms with Crippen molar-refractivity contribution in [2.24, 2.45) is 0 Å². The lowest BCUT2D eigenvalue weighted by Crippen LogP contribution is -2.44. The number of ether oxygens (including phenoxy) is 1. The van der Waals surface area contributed by atoms with Gasteiger partial charge in [0.2, 0.25) is 0 Å². The van der Waals surface area contributed by atoms with Gasteiger partial charge in [0, 0.05) is 41.4 Å². The number of aromatic amines is 1. The molecule has 1 N–H and O–H groups in total. The third-order valence-corrected chi connectivity index (χ3v) is 6.18. The molecule has 2 aliphatic rings. The Morgan fingerprint density at radius 2 is 1.87 bits per heavy atom. The standard InChI is InChI=1S/C24H24F2N2O.C2H6/c1-2-5-15-12-19(25)22(20(26)13-15)24-23-18(17-6-3-4-7-21(17)27-23)8-10-28(24)16-9-11-29-14-16;1-2/h2-7,12-13,16,24,27H,8-11,14H2,1H3;1-2H3/b5-2+;. The summed E-state index contributed by atoms with van der Waals surface area (Å²) in [5.74, 6) is -1.00. The lowest BCUT2D eigenvalue weighted by molar-refractivity contribution is 0.112. The smallest absolute Gasteiger partial charge is 0.131 e. The van der Waals surface area contributed by atoms with Crippen molar-refractivity contribution in [1.29, 1.82) is 0 Å². The van der Waals surface area contributed by atoms with Crippen LogP contribution in [0.15, 0.2) is 42.5 Å². The first-order chi connectivity index (χ1) is 15.2. The van der Waals surface area contributed by atoms with Gasteiger partial charge in [0.25, 0.3) is 0 Å². The van der Waals surface area contributed by atoms with Crippen LogP contribution in [0.4, 0.5) is 8.78 Å². The molecule has 0 spiro atoms. The molecule has 0 aliphatic carbocycles. The number of H-pyrrole nitrogens is 1. The number of hydrogen-bond donors (Lipinski definition) is 1. The molecule has 0 saturated carbocycles. The molecule has 1 saturated heterocycles. The van der Waals surface area contributed by atoms with Crippen molar-refractivity contribution in [3.05, 3.63) is 76.5 Å². The van der Waals surface area contributed by atoms with Gasteiger partial charge in [-0.25, -0.2) is 8.78 Å². The zero-order chi connectivity index (χ0) is 22.0. The monoisotopic (exact) mass is 424 g/mol. The third-order valence-electron chi connectivity index (χ3n) is 6.18. The maximum atomic E-state index is 15.3. The van der Waals surface area contributed by atoms with Crippen LogP contribution >= 0.6 is 0 Å². The Kier molecular flexibility index (Phi) is 6.54. The summed E-state index contributed by atoms with van der Waals surface area (Å²) in [4.78, 5) is 5.71. The summed E-state index contributed by atoms with van der Waals surface area (Å²) in [5, 5.41) is 1.14. The van der Waals surface area contributed by atoms with Crippen molar-refractivity contribution >= 4 is 17.0 Å². The Labute approximate surface area is 182 Å². The minimum absolute atomic E-state index is 0.123. The molecule has 2 aliphatic heterocycles. The molecule has 0 bridgehead atoms. The molecule has 3 nitrogen and oxygen atoms in total. The summed E-state index contributed by atoms with van der Waals surface area (Å²) in [6.07, 6.45) is 5.23. The zero-order valence-corrected chi connectivity index (χ0v) is 18.4. The number of nitrogens with zero attached hydrogens (tertiary/aromatic N) is 1. The Hall–Kier alpha value is -2.50. The molecule has 0 radical (unpaired) electrons. The maximum absolute atomic E-state index is 15.3. The fourth-order valence-corrected chi connectivity index (χ4v) is 4.90. The average Bonchev–Trinajstić information content (AvgIpc) is 3.43. The molecule has 5 heteroatoms. The van der Waals surface area contributed by atoms with Crippen molar-refractivity contribution < 1.29 is 13.5 Å². The van der Waals surface area contributed by atoms with E-state index in [0.29, 0.717) is 18.8 Å². The predicted molar refractivity (Wildman–Crippen MR) is 122 cm³/mol. The first-order valence-electron chi connectivity index (χ1n) is 11.2. The predicted octanol–water partition coefficient (Wildman–Crippen LogP) is 6.24. The van der Waals surface area contributed by atoms with Crippen molar-refractivity contribution in [3.63, 3.8) is 0 Å². The van der Waals surface area contributed by atoms with Gasteiger partial charge in [0.15, 0.2) is 0 Å². The highest BCUT2D eigenvalue weighted by Crippen LogP contribution is 2.42. The normalized spacial score (nSPS) is 21.3. The summed E-state index contributed by atoms with van der Waals surface area (Å²) >= 11 is 0. The highest BCUT2D eigenvalue weighted by atomic mass is 19.1. The number of para-hydroxylation sites is 1. The van der Waals surface area contributed by atoms with Gasteiger partial charge in [-0.1, -0.05) is 44.2 Å².